The van der Waals surface area contributed by atoms with Crippen LogP contribution >= 0.6 is 0 Å². The van der Waals surface area contributed by atoms with Gasteiger partial charge >= 0.3 is 0 Å². The lowest BCUT2D eigenvalue weighted by molar-refractivity contribution is 0.292. The average molecular weight is 204 g/mol. The molecular weight excluding hydrogens is 188 g/mol. The average Bonchev–Trinajstić information content (AvgIpc) is 2.83. The Kier molecular flexibility index (Phi) is 2.11. The van der Waals surface area contributed by atoms with E-state index in [1.165, 1.54) is 25.7 Å². The van der Waals surface area contributed by atoms with E-state index in [1.54, 1.807) is 23.2 Å². The minimum absolute atomic E-state index is 0.0905. The van der Waals surface area contributed by atoms with Crippen molar-refractivity contribution in [3.8, 4) is 0 Å². The van der Waals surface area contributed by atoms with E-state index in [0.717, 1.165) is 24.3 Å². The molecule has 0 amide bonds. The molecule has 3 heteroatoms. The molecule has 0 aliphatic heterocycles. The van der Waals surface area contributed by atoms with Crippen LogP contribution in [-0.4, -0.2) is 9.55 Å². The van der Waals surface area contributed by atoms with Gasteiger partial charge in [-0.3, -0.25) is 9.36 Å². The summed E-state index contributed by atoms with van der Waals surface area (Å²) in [6.45, 7) is 0.883. The maximum atomic E-state index is 11.5. The number of hydrogen-bond donors (Lipinski definition) is 0. The Morgan fingerprint density at radius 3 is 3.00 bits per heavy atom. The zero-order valence-corrected chi connectivity index (χ0v) is 8.80. The summed E-state index contributed by atoms with van der Waals surface area (Å²) in [4.78, 5) is 15.5. The fourth-order valence-corrected chi connectivity index (χ4v) is 3.37. The molecule has 0 radical (unpaired) electrons. The predicted molar refractivity (Wildman–Crippen MR) is 57.4 cm³/mol. The van der Waals surface area contributed by atoms with Crippen LogP contribution < -0.4 is 5.56 Å². The van der Waals surface area contributed by atoms with Crippen LogP contribution in [0.2, 0.25) is 0 Å². The SMILES string of the molecule is O=c1ccncn1CC1CC2CCC1C2. The van der Waals surface area contributed by atoms with E-state index in [9.17, 15) is 4.79 Å². The Morgan fingerprint density at radius 1 is 1.40 bits per heavy atom. The Hall–Kier alpha value is -1.12. The minimum atomic E-state index is 0.0905. The third-order valence-corrected chi connectivity index (χ3v) is 4.11. The van der Waals surface area contributed by atoms with Gasteiger partial charge in [0, 0.05) is 18.8 Å². The first-order valence-electron chi connectivity index (χ1n) is 5.83. The fourth-order valence-electron chi connectivity index (χ4n) is 3.37. The van der Waals surface area contributed by atoms with Crippen LogP contribution in [0, 0.1) is 17.8 Å². The Bertz CT molecular complexity index is 412. The van der Waals surface area contributed by atoms with Gasteiger partial charge in [0.2, 0.25) is 0 Å². The van der Waals surface area contributed by atoms with Gasteiger partial charge in [-0.1, -0.05) is 6.42 Å². The molecule has 3 unspecified atom stereocenters. The van der Waals surface area contributed by atoms with Crippen molar-refractivity contribution >= 4 is 0 Å². The van der Waals surface area contributed by atoms with Crippen molar-refractivity contribution in [1.29, 1.82) is 0 Å². The number of nitrogens with zero attached hydrogens (tertiary/aromatic N) is 2. The third-order valence-electron chi connectivity index (χ3n) is 4.11. The first-order chi connectivity index (χ1) is 7.33. The van der Waals surface area contributed by atoms with Crippen LogP contribution in [0.4, 0.5) is 0 Å². The van der Waals surface area contributed by atoms with E-state index in [0.29, 0.717) is 0 Å². The molecule has 2 bridgehead atoms. The molecule has 1 aromatic heterocycles. The summed E-state index contributed by atoms with van der Waals surface area (Å²) in [6.07, 6.45) is 8.77. The van der Waals surface area contributed by atoms with Crippen LogP contribution in [0.25, 0.3) is 0 Å². The summed E-state index contributed by atoms with van der Waals surface area (Å²) in [5, 5.41) is 0. The largest absolute Gasteiger partial charge is 0.299 e. The molecule has 2 aliphatic carbocycles. The summed E-state index contributed by atoms with van der Waals surface area (Å²) in [7, 11) is 0. The van der Waals surface area contributed by atoms with Crippen LogP contribution in [0.3, 0.4) is 0 Å². The molecule has 1 heterocycles. The van der Waals surface area contributed by atoms with Gasteiger partial charge in [0.05, 0.1) is 6.33 Å². The topological polar surface area (TPSA) is 34.9 Å². The highest BCUT2D eigenvalue weighted by atomic mass is 16.1. The summed E-state index contributed by atoms with van der Waals surface area (Å²) in [6, 6.07) is 1.55. The van der Waals surface area contributed by atoms with E-state index < -0.39 is 0 Å². The molecule has 0 saturated heterocycles. The van der Waals surface area contributed by atoms with Gasteiger partial charge in [-0.15, -0.1) is 0 Å². The molecule has 0 spiro atoms. The standard InChI is InChI=1S/C12H16N2O/c15-12-3-4-13-8-14(12)7-11-6-9-1-2-10(11)5-9/h3-4,8-11H,1-2,5-7H2. The molecule has 2 aliphatic rings. The van der Waals surface area contributed by atoms with Gasteiger partial charge in [-0.05, 0) is 37.0 Å². The van der Waals surface area contributed by atoms with E-state index in [-0.39, 0.29) is 5.56 Å². The molecule has 2 saturated carbocycles. The second-order valence-corrected chi connectivity index (χ2v) is 5.01. The summed E-state index contributed by atoms with van der Waals surface area (Å²) in [5.74, 6) is 2.56. The lowest BCUT2D eigenvalue weighted by Gasteiger charge is -2.21. The smallest absolute Gasteiger partial charge is 0.253 e. The number of rotatable bonds is 2. The Balaban J connectivity index is 1.76. The Labute approximate surface area is 89.2 Å². The highest BCUT2D eigenvalue weighted by molar-refractivity contribution is 4.91. The molecule has 1 aromatic rings. The number of hydrogen-bond acceptors (Lipinski definition) is 2. The Morgan fingerprint density at radius 2 is 2.33 bits per heavy atom. The monoisotopic (exact) mass is 204 g/mol. The van der Waals surface area contributed by atoms with Gasteiger partial charge < -0.3 is 0 Å². The highest BCUT2D eigenvalue weighted by Gasteiger charge is 2.39. The molecule has 3 atom stereocenters. The second kappa shape index (κ2) is 3.47. The second-order valence-electron chi connectivity index (χ2n) is 5.01. The molecule has 3 nitrogen and oxygen atoms in total. The molecule has 2 fully saturated rings. The van der Waals surface area contributed by atoms with Gasteiger partial charge in [-0.2, -0.15) is 0 Å². The van der Waals surface area contributed by atoms with Gasteiger partial charge in [0.1, 0.15) is 0 Å². The van der Waals surface area contributed by atoms with Gasteiger partial charge in [0.25, 0.3) is 5.56 Å². The summed E-state index contributed by atoms with van der Waals surface area (Å²) in [5.41, 5.74) is 0.0905. The summed E-state index contributed by atoms with van der Waals surface area (Å²) >= 11 is 0. The molecule has 0 aromatic carbocycles. The third kappa shape index (κ3) is 1.60. The number of fused-ring (bicyclic) bond motifs is 2. The van der Waals surface area contributed by atoms with Crippen molar-refractivity contribution in [2.45, 2.75) is 32.2 Å². The first-order valence-corrected chi connectivity index (χ1v) is 5.83. The van der Waals surface area contributed by atoms with Gasteiger partial charge in [-0.25, -0.2) is 4.98 Å². The fraction of sp³-hybridized carbons (Fsp3) is 0.667. The van der Waals surface area contributed by atoms with Crippen LogP contribution in [0.5, 0.6) is 0 Å². The van der Waals surface area contributed by atoms with E-state index in [2.05, 4.69) is 4.98 Å². The highest BCUT2D eigenvalue weighted by Crippen LogP contribution is 2.48. The van der Waals surface area contributed by atoms with Gasteiger partial charge in [0.15, 0.2) is 0 Å². The normalized spacial score (nSPS) is 33.5. The zero-order valence-electron chi connectivity index (χ0n) is 8.80. The van der Waals surface area contributed by atoms with Crippen LogP contribution in [0.1, 0.15) is 25.7 Å². The van der Waals surface area contributed by atoms with Crippen molar-refractivity contribution in [2.75, 3.05) is 0 Å². The lowest BCUT2D eigenvalue weighted by Crippen LogP contribution is -2.25. The molecule has 0 N–H and O–H groups in total. The first kappa shape index (κ1) is 9.13. The minimum Gasteiger partial charge on any atom is -0.299 e. The van der Waals surface area contributed by atoms with E-state index >= 15 is 0 Å². The zero-order chi connectivity index (χ0) is 10.3. The van der Waals surface area contributed by atoms with E-state index in [4.69, 9.17) is 0 Å². The van der Waals surface area contributed by atoms with Crippen LogP contribution in [0.15, 0.2) is 23.4 Å². The van der Waals surface area contributed by atoms with Crippen LogP contribution in [-0.2, 0) is 6.54 Å². The van der Waals surface area contributed by atoms with Crippen molar-refractivity contribution in [3.05, 3.63) is 28.9 Å². The van der Waals surface area contributed by atoms with Crippen molar-refractivity contribution in [3.63, 3.8) is 0 Å². The van der Waals surface area contributed by atoms with Crippen molar-refractivity contribution in [1.82, 2.24) is 9.55 Å². The molecular formula is C12H16N2O. The van der Waals surface area contributed by atoms with E-state index in [1.807, 2.05) is 0 Å². The molecule has 15 heavy (non-hydrogen) atoms. The van der Waals surface area contributed by atoms with Crippen molar-refractivity contribution in [2.24, 2.45) is 17.8 Å². The molecule has 3 rings (SSSR count). The lowest BCUT2D eigenvalue weighted by atomic mass is 9.89. The van der Waals surface area contributed by atoms with Crippen molar-refractivity contribution < 1.29 is 0 Å². The number of aromatic nitrogens is 2. The predicted octanol–water partition coefficient (Wildman–Crippen LogP) is 1.68. The maximum absolute atomic E-state index is 11.5. The molecule has 80 valence electrons. The quantitative estimate of drug-likeness (QED) is 0.734. The summed E-state index contributed by atoms with van der Waals surface area (Å²) < 4.78 is 1.77. The maximum Gasteiger partial charge on any atom is 0.253 e.